The number of ether oxygens (including phenoxy) is 1. The largest absolute Gasteiger partial charge is 0.483 e. The van der Waals surface area contributed by atoms with Gasteiger partial charge in [-0.3, -0.25) is 0 Å². The summed E-state index contributed by atoms with van der Waals surface area (Å²) in [5.74, 6) is 1.08. The van der Waals surface area contributed by atoms with Gasteiger partial charge < -0.3 is 4.74 Å². The summed E-state index contributed by atoms with van der Waals surface area (Å²) in [5, 5.41) is 0. The van der Waals surface area contributed by atoms with Crippen molar-refractivity contribution in [3.63, 3.8) is 0 Å². The maximum absolute atomic E-state index is 6.14. The molecule has 0 bridgehead atoms. The first-order chi connectivity index (χ1) is 8.43. The molecule has 0 spiro atoms. The fourth-order valence-electron chi connectivity index (χ4n) is 2.69. The number of fused-ring (bicyclic) bond motifs is 1. The Morgan fingerprint density at radius 1 is 1.17 bits per heavy atom. The maximum Gasteiger partial charge on any atom is 0.131 e. The second-order valence-electron chi connectivity index (χ2n) is 5.94. The average molecular weight is 244 g/mol. The van der Waals surface area contributed by atoms with Gasteiger partial charge in [-0.05, 0) is 69.4 Å². The Morgan fingerprint density at radius 3 is 2.56 bits per heavy atom. The van der Waals surface area contributed by atoms with Crippen LogP contribution < -0.4 is 4.74 Å². The lowest BCUT2D eigenvalue weighted by atomic mass is 9.89. The topological polar surface area (TPSA) is 9.23 Å². The molecule has 1 aliphatic rings. The standard InChI is InChI=1S/C17H24O/c1-6-7-8-14-11-17(4,5)18-16-13(3)9-12(2)10-15(14)16/h9-11H,6-8H2,1-5H3. The average Bonchev–Trinajstić information content (AvgIpc) is 2.27. The molecule has 0 saturated heterocycles. The van der Waals surface area contributed by atoms with Crippen LogP contribution in [0.1, 0.15) is 56.7 Å². The fourth-order valence-corrected chi connectivity index (χ4v) is 2.69. The number of hydrogen-bond acceptors (Lipinski definition) is 1. The molecule has 0 unspecified atom stereocenters. The van der Waals surface area contributed by atoms with Crippen molar-refractivity contribution < 1.29 is 4.74 Å². The van der Waals surface area contributed by atoms with Gasteiger partial charge in [0.1, 0.15) is 11.4 Å². The summed E-state index contributed by atoms with van der Waals surface area (Å²) in [6.45, 7) is 10.8. The molecule has 18 heavy (non-hydrogen) atoms. The van der Waals surface area contributed by atoms with Crippen LogP contribution in [0.4, 0.5) is 0 Å². The van der Waals surface area contributed by atoms with E-state index in [9.17, 15) is 0 Å². The minimum atomic E-state index is -0.184. The number of unbranched alkanes of at least 4 members (excludes halogenated alkanes) is 1. The minimum Gasteiger partial charge on any atom is -0.483 e. The highest BCUT2D eigenvalue weighted by molar-refractivity contribution is 5.75. The zero-order chi connectivity index (χ0) is 13.3. The molecule has 1 aromatic rings. The quantitative estimate of drug-likeness (QED) is 0.723. The van der Waals surface area contributed by atoms with Crippen molar-refractivity contribution in [1.82, 2.24) is 0 Å². The van der Waals surface area contributed by atoms with E-state index in [1.807, 2.05) is 0 Å². The number of rotatable bonds is 3. The van der Waals surface area contributed by atoms with Crippen LogP contribution in [0.25, 0.3) is 5.57 Å². The Hall–Kier alpha value is -1.24. The van der Waals surface area contributed by atoms with Crippen molar-refractivity contribution in [3.05, 3.63) is 34.9 Å². The molecular formula is C17H24O. The Morgan fingerprint density at radius 2 is 1.89 bits per heavy atom. The molecule has 0 aliphatic carbocycles. The van der Waals surface area contributed by atoms with Gasteiger partial charge in [-0.15, -0.1) is 0 Å². The number of allylic oxidation sites excluding steroid dienone is 1. The Balaban J connectivity index is 2.49. The van der Waals surface area contributed by atoms with Gasteiger partial charge in [0.05, 0.1) is 0 Å². The predicted molar refractivity (Wildman–Crippen MR) is 78.1 cm³/mol. The molecule has 0 aromatic heterocycles. The van der Waals surface area contributed by atoms with Crippen molar-refractivity contribution >= 4 is 5.57 Å². The molecule has 0 fully saturated rings. The first kappa shape index (κ1) is 13.2. The highest BCUT2D eigenvalue weighted by Gasteiger charge is 2.27. The van der Waals surface area contributed by atoms with E-state index in [0.717, 1.165) is 12.2 Å². The van der Waals surface area contributed by atoms with Crippen LogP contribution in [-0.4, -0.2) is 5.60 Å². The van der Waals surface area contributed by atoms with E-state index < -0.39 is 0 Å². The van der Waals surface area contributed by atoms with Crippen molar-refractivity contribution in [2.75, 3.05) is 0 Å². The van der Waals surface area contributed by atoms with Gasteiger partial charge in [-0.25, -0.2) is 0 Å². The molecule has 1 heterocycles. The molecule has 0 saturated carbocycles. The molecular weight excluding hydrogens is 220 g/mol. The van der Waals surface area contributed by atoms with Gasteiger partial charge in [0.15, 0.2) is 0 Å². The van der Waals surface area contributed by atoms with Crippen LogP contribution in [0.2, 0.25) is 0 Å². The number of benzene rings is 1. The Kier molecular flexibility index (Phi) is 3.52. The lowest BCUT2D eigenvalue weighted by molar-refractivity contribution is 0.156. The summed E-state index contributed by atoms with van der Waals surface area (Å²) in [7, 11) is 0. The van der Waals surface area contributed by atoms with Gasteiger partial charge >= 0.3 is 0 Å². The first-order valence-electron chi connectivity index (χ1n) is 6.95. The number of hydrogen-bond donors (Lipinski definition) is 0. The molecule has 1 aromatic carbocycles. The van der Waals surface area contributed by atoms with Crippen LogP contribution in [-0.2, 0) is 0 Å². The molecule has 1 nitrogen and oxygen atoms in total. The third kappa shape index (κ3) is 2.60. The summed E-state index contributed by atoms with van der Waals surface area (Å²) in [6, 6.07) is 4.47. The van der Waals surface area contributed by atoms with E-state index in [1.54, 1.807) is 0 Å². The third-order valence-corrected chi connectivity index (χ3v) is 3.45. The van der Waals surface area contributed by atoms with E-state index in [1.165, 1.54) is 35.1 Å². The second-order valence-corrected chi connectivity index (χ2v) is 5.94. The molecule has 0 N–H and O–H groups in total. The van der Waals surface area contributed by atoms with E-state index in [2.05, 4.69) is 52.8 Å². The molecule has 2 rings (SSSR count). The summed E-state index contributed by atoms with van der Waals surface area (Å²) >= 11 is 0. The lowest BCUT2D eigenvalue weighted by Crippen LogP contribution is -2.29. The van der Waals surface area contributed by atoms with Crippen LogP contribution in [0.3, 0.4) is 0 Å². The van der Waals surface area contributed by atoms with Gasteiger partial charge in [-0.2, -0.15) is 0 Å². The van der Waals surface area contributed by atoms with Crippen LogP contribution >= 0.6 is 0 Å². The van der Waals surface area contributed by atoms with E-state index in [0.29, 0.717) is 0 Å². The van der Waals surface area contributed by atoms with E-state index >= 15 is 0 Å². The minimum absolute atomic E-state index is 0.184. The molecule has 0 radical (unpaired) electrons. The van der Waals surface area contributed by atoms with Gasteiger partial charge in [0.25, 0.3) is 0 Å². The zero-order valence-corrected chi connectivity index (χ0v) is 12.3. The Labute approximate surface area is 111 Å². The molecule has 98 valence electrons. The van der Waals surface area contributed by atoms with Crippen molar-refractivity contribution in [2.24, 2.45) is 0 Å². The van der Waals surface area contributed by atoms with Crippen LogP contribution in [0.5, 0.6) is 5.75 Å². The monoisotopic (exact) mass is 244 g/mol. The predicted octanol–water partition coefficient (Wildman–Crippen LogP) is 5.05. The SMILES string of the molecule is CCCCC1=CC(C)(C)Oc2c(C)cc(C)cc21. The smallest absolute Gasteiger partial charge is 0.131 e. The molecule has 1 heteroatoms. The van der Waals surface area contributed by atoms with Crippen molar-refractivity contribution in [2.45, 2.75) is 59.5 Å². The Bertz CT molecular complexity index is 481. The molecule has 0 atom stereocenters. The van der Waals surface area contributed by atoms with Crippen molar-refractivity contribution in [1.29, 1.82) is 0 Å². The van der Waals surface area contributed by atoms with E-state index in [4.69, 9.17) is 4.74 Å². The van der Waals surface area contributed by atoms with Gasteiger partial charge in [-0.1, -0.05) is 19.4 Å². The van der Waals surface area contributed by atoms with E-state index in [-0.39, 0.29) is 5.60 Å². The zero-order valence-electron chi connectivity index (χ0n) is 12.3. The summed E-state index contributed by atoms with van der Waals surface area (Å²) < 4.78 is 6.14. The van der Waals surface area contributed by atoms with Gasteiger partial charge in [0.2, 0.25) is 0 Å². The first-order valence-corrected chi connectivity index (χ1v) is 6.95. The normalized spacial score (nSPS) is 16.8. The third-order valence-electron chi connectivity index (χ3n) is 3.45. The summed E-state index contributed by atoms with van der Waals surface area (Å²) in [4.78, 5) is 0. The highest BCUT2D eigenvalue weighted by Crippen LogP contribution is 2.40. The fraction of sp³-hybridized carbons (Fsp3) is 0.529. The molecule has 1 aliphatic heterocycles. The number of aryl methyl sites for hydroxylation is 2. The summed E-state index contributed by atoms with van der Waals surface area (Å²) in [6.07, 6.45) is 5.93. The van der Waals surface area contributed by atoms with Gasteiger partial charge in [0, 0.05) is 5.56 Å². The highest BCUT2D eigenvalue weighted by atomic mass is 16.5. The second kappa shape index (κ2) is 4.79. The maximum atomic E-state index is 6.14. The van der Waals surface area contributed by atoms with Crippen molar-refractivity contribution in [3.8, 4) is 5.75 Å². The summed E-state index contributed by atoms with van der Waals surface area (Å²) in [5.41, 5.74) is 5.14. The van der Waals surface area contributed by atoms with Crippen LogP contribution in [0, 0.1) is 13.8 Å². The van der Waals surface area contributed by atoms with Crippen LogP contribution in [0.15, 0.2) is 18.2 Å². The molecule has 0 amide bonds. The lowest BCUT2D eigenvalue weighted by Gasteiger charge is -2.32.